The lowest BCUT2D eigenvalue weighted by molar-refractivity contribution is -0.154. The molecule has 37 heavy (non-hydrogen) atoms. The number of aromatic nitrogens is 1. The lowest BCUT2D eigenvalue weighted by Crippen LogP contribution is -2.48. The second kappa shape index (κ2) is 9.05. The molecular formula is C30H34N2O5. The van der Waals surface area contributed by atoms with Crippen molar-refractivity contribution >= 4 is 33.7 Å². The van der Waals surface area contributed by atoms with Gasteiger partial charge in [-0.05, 0) is 83.2 Å². The van der Waals surface area contributed by atoms with E-state index in [2.05, 4.69) is 36.7 Å². The van der Waals surface area contributed by atoms with E-state index in [1.165, 1.54) is 5.56 Å². The van der Waals surface area contributed by atoms with Crippen LogP contribution in [-0.4, -0.2) is 28.6 Å². The largest absolute Gasteiger partial charge is 0.460 e. The number of ether oxygens (including phenoxy) is 1. The van der Waals surface area contributed by atoms with Gasteiger partial charge in [0.25, 0.3) is 0 Å². The van der Waals surface area contributed by atoms with Crippen LogP contribution in [0.15, 0.2) is 56.1 Å². The fraction of sp³-hybridized carbons (Fsp3) is 0.433. The molecule has 2 aromatic carbocycles. The third kappa shape index (κ3) is 4.99. The summed E-state index contributed by atoms with van der Waals surface area (Å²) in [5.74, 6) is 0.385. The van der Waals surface area contributed by atoms with Crippen molar-refractivity contribution in [3.63, 3.8) is 0 Å². The normalized spacial score (nSPS) is 17.2. The Balaban J connectivity index is 1.49. The quantitative estimate of drug-likeness (QED) is 0.219. The lowest BCUT2D eigenvalue weighted by Gasteiger charge is -2.47. The molecule has 3 heterocycles. The monoisotopic (exact) mass is 502 g/mol. The lowest BCUT2D eigenvalue weighted by atomic mass is 9.79. The van der Waals surface area contributed by atoms with Crippen LogP contribution in [0.4, 0.5) is 5.69 Å². The number of hydrogen-bond acceptors (Lipinski definition) is 7. The number of esters is 1. The van der Waals surface area contributed by atoms with Gasteiger partial charge in [-0.25, -0.2) is 9.78 Å². The molecule has 194 valence electrons. The first-order valence-corrected chi connectivity index (χ1v) is 12.9. The Bertz CT molecular complexity index is 1510. The molecule has 4 aromatic rings. The fourth-order valence-electron chi connectivity index (χ4n) is 5.43. The Morgan fingerprint density at radius 1 is 1.14 bits per heavy atom. The zero-order valence-electron chi connectivity index (χ0n) is 22.4. The maximum absolute atomic E-state index is 13.0. The van der Waals surface area contributed by atoms with Crippen molar-refractivity contribution in [2.45, 2.75) is 77.9 Å². The predicted octanol–water partition coefficient (Wildman–Crippen LogP) is 6.82. The Morgan fingerprint density at radius 3 is 2.62 bits per heavy atom. The van der Waals surface area contributed by atoms with Crippen LogP contribution in [0.2, 0.25) is 0 Å². The van der Waals surface area contributed by atoms with Gasteiger partial charge in [0, 0.05) is 35.6 Å². The smallest absolute Gasteiger partial charge is 0.349 e. The number of hydrogen-bond donors (Lipinski definition) is 0. The number of nitrogens with zero attached hydrogens (tertiary/aromatic N) is 2. The topological polar surface area (TPSA) is 85.8 Å². The molecule has 0 amide bonds. The Hall–Kier alpha value is -3.61. The summed E-state index contributed by atoms with van der Waals surface area (Å²) >= 11 is 0. The molecule has 0 saturated carbocycles. The Kier molecular flexibility index (Phi) is 6.13. The van der Waals surface area contributed by atoms with Gasteiger partial charge in [-0.15, -0.1) is 0 Å². The summed E-state index contributed by atoms with van der Waals surface area (Å²) in [5.41, 5.74) is 3.29. The molecule has 1 aliphatic rings. The van der Waals surface area contributed by atoms with E-state index in [1.807, 2.05) is 57.2 Å². The van der Waals surface area contributed by atoms with E-state index in [4.69, 9.17) is 13.6 Å². The fourth-order valence-corrected chi connectivity index (χ4v) is 5.43. The summed E-state index contributed by atoms with van der Waals surface area (Å²) < 4.78 is 17.1. The second-order valence-electron chi connectivity index (χ2n) is 11.6. The number of oxazole rings is 1. The highest BCUT2D eigenvalue weighted by Crippen LogP contribution is 2.45. The van der Waals surface area contributed by atoms with E-state index in [-0.39, 0.29) is 17.4 Å². The third-order valence-electron chi connectivity index (χ3n) is 6.95. The van der Waals surface area contributed by atoms with Crippen molar-refractivity contribution in [1.82, 2.24) is 4.98 Å². The molecule has 0 fully saturated rings. The molecule has 0 N–H and O–H groups in total. The minimum Gasteiger partial charge on any atom is -0.460 e. The van der Waals surface area contributed by atoms with Crippen molar-refractivity contribution in [3.8, 4) is 11.5 Å². The molecule has 7 nitrogen and oxygen atoms in total. The molecule has 1 atom stereocenters. The molecule has 5 rings (SSSR count). The first-order chi connectivity index (χ1) is 17.4. The van der Waals surface area contributed by atoms with Crippen molar-refractivity contribution in [2.75, 3.05) is 11.4 Å². The summed E-state index contributed by atoms with van der Waals surface area (Å²) in [6, 6.07) is 13.3. The average Bonchev–Trinajstić information content (AvgIpc) is 3.22. The minimum absolute atomic E-state index is 0.119. The first-order valence-electron chi connectivity index (χ1n) is 12.9. The summed E-state index contributed by atoms with van der Waals surface area (Å²) in [5, 5.41) is 0.830. The van der Waals surface area contributed by atoms with E-state index < -0.39 is 11.2 Å². The zero-order chi connectivity index (χ0) is 26.5. The standard InChI is InChI=1S/C30H34N2O5/c1-18-17-30(5,6)32(13-9-12-26(33)37-29(2,3)4)23-16-25-19(14-20(18)23)15-21(28(34)36-25)27-31-22-10-7-8-11-24(22)35-27/h7-8,10-11,14-16,18H,9,12-13,17H2,1-6H3. The molecule has 1 unspecified atom stereocenters. The number of benzene rings is 2. The van der Waals surface area contributed by atoms with Crippen LogP contribution >= 0.6 is 0 Å². The Labute approximate surface area is 216 Å². The van der Waals surface area contributed by atoms with Gasteiger partial charge in [0.05, 0.1) is 0 Å². The molecule has 0 aliphatic carbocycles. The van der Waals surface area contributed by atoms with Crippen molar-refractivity contribution in [2.24, 2.45) is 0 Å². The van der Waals surface area contributed by atoms with Crippen LogP contribution in [0.3, 0.4) is 0 Å². The van der Waals surface area contributed by atoms with Crippen LogP contribution in [-0.2, 0) is 9.53 Å². The SMILES string of the molecule is CC1CC(C)(C)N(CCCC(=O)OC(C)(C)C)c2cc3oc(=O)c(-c4nc5ccccc5o4)cc3cc21. The van der Waals surface area contributed by atoms with Gasteiger partial charge < -0.3 is 18.5 Å². The predicted molar refractivity (Wildman–Crippen MR) is 145 cm³/mol. The highest BCUT2D eigenvalue weighted by atomic mass is 16.6. The van der Waals surface area contributed by atoms with Crippen molar-refractivity contribution in [3.05, 3.63) is 58.4 Å². The van der Waals surface area contributed by atoms with Crippen LogP contribution in [0, 0.1) is 0 Å². The number of anilines is 1. The van der Waals surface area contributed by atoms with E-state index in [1.54, 1.807) is 0 Å². The van der Waals surface area contributed by atoms with Crippen LogP contribution in [0.25, 0.3) is 33.5 Å². The molecule has 0 saturated heterocycles. The van der Waals surface area contributed by atoms with Gasteiger partial charge in [0.1, 0.15) is 22.3 Å². The maximum atomic E-state index is 13.0. The number of carbonyl (C=O) groups excluding carboxylic acids is 1. The average molecular weight is 503 g/mol. The summed E-state index contributed by atoms with van der Waals surface area (Å²) in [6.45, 7) is 13.0. The van der Waals surface area contributed by atoms with Crippen molar-refractivity contribution in [1.29, 1.82) is 0 Å². The van der Waals surface area contributed by atoms with Crippen LogP contribution in [0.5, 0.6) is 0 Å². The van der Waals surface area contributed by atoms with Gasteiger partial charge in [-0.3, -0.25) is 4.79 Å². The molecule has 0 bridgehead atoms. The number of carbonyl (C=O) groups is 1. The van der Waals surface area contributed by atoms with Gasteiger partial charge in [0.2, 0.25) is 5.89 Å². The number of para-hydroxylation sites is 2. The van der Waals surface area contributed by atoms with E-state index in [9.17, 15) is 9.59 Å². The van der Waals surface area contributed by atoms with Gasteiger partial charge in [0.15, 0.2) is 5.58 Å². The van der Waals surface area contributed by atoms with Gasteiger partial charge >= 0.3 is 11.6 Å². The highest BCUT2D eigenvalue weighted by Gasteiger charge is 2.36. The van der Waals surface area contributed by atoms with Crippen LogP contribution < -0.4 is 10.5 Å². The van der Waals surface area contributed by atoms with E-state index in [0.717, 1.165) is 17.5 Å². The van der Waals surface area contributed by atoms with E-state index in [0.29, 0.717) is 47.6 Å². The third-order valence-corrected chi connectivity index (χ3v) is 6.95. The van der Waals surface area contributed by atoms with Gasteiger partial charge in [-0.2, -0.15) is 0 Å². The molecule has 1 aliphatic heterocycles. The summed E-state index contributed by atoms with van der Waals surface area (Å²) in [4.78, 5) is 32.1. The van der Waals surface area contributed by atoms with Gasteiger partial charge in [-0.1, -0.05) is 19.1 Å². The summed E-state index contributed by atoms with van der Waals surface area (Å²) in [7, 11) is 0. The maximum Gasteiger partial charge on any atom is 0.349 e. The Morgan fingerprint density at radius 2 is 1.89 bits per heavy atom. The van der Waals surface area contributed by atoms with Crippen molar-refractivity contribution < 1.29 is 18.4 Å². The zero-order valence-corrected chi connectivity index (χ0v) is 22.4. The second-order valence-corrected chi connectivity index (χ2v) is 11.6. The van der Waals surface area contributed by atoms with Crippen LogP contribution in [0.1, 0.15) is 72.3 Å². The molecule has 2 aromatic heterocycles. The number of fused-ring (bicyclic) bond motifs is 3. The molecular weight excluding hydrogens is 468 g/mol. The van der Waals surface area contributed by atoms with E-state index >= 15 is 0 Å². The molecule has 0 spiro atoms. The first kappa shape index (κ1) is 25.1. The molecule has 0 radical (unpaired) electrons. The summed E-state index contributed by atoms with van der Waals surface area (Å²) in [6.07, 6.45) is 1.99. The highest BCUT2D eigenvalue weighted by molar-refractivity contribution is 5.87. The number of rotatable bonds is 5. The minimum atomic E-state index is -0.489. The molecule has 7 heteroatoms.